The van der Waals surface area contributed by atoms with Crippen LogP contribution in [0.15, 0.2) is 85.5 Å². The zero-order valence-electron chi connectivity index (χ0n) is 14.8. The Kier molecular flexibility index (Phi) is 4.76. The van der Waals surface area contributed by atoms with Gasteiger partial charge in [0.05, 0.1) is 30.2 Å². The van der Waals surface area contributed by atoms with E-state index in [2.05, 4.69) is 44.9 Å². The molecular weight excluding hydrogens is 332 g/mol. The van der Waals surface area contributed by atoms with Crippen LogP contribution in [0.4, 0.5) is 0 Å². The first-order valence-corrected chi connectivity index (χ1v) is 8.80. The van der Waals surface area contributed by atoms with Crippen LogP contribution >= 0.6 is 0 Å². The van der Waals surface area contributed by atoms with Gasteiger partial charge < -0.3 is 4.57 Å². The molecule has 0 unspecified atom stereocenters. The molecule has 4 aromatic rings. The Morgan fingerprint density at radius 3 is 2.33 bits per heavy atom. The zero-order chi connectivity index (χ0) is 18.5. The van der Waals surface area contributed by atoms with E-state index in [0.717, 1.165) is 41.0 Å². The van der Waals surface area contributed by atoms with E-state index in [1.807, 2.05) is 61.2 Å². The normalized spacial score (nSPS) is 10.5. The van der Waals surface area contributed by atoms with E-state index in [9.17, 15) is 0 Å². The highest BCUT2D eigenvalue weighted by atomic mass is 15.0. The lowest BCUT2D eigenvalue weighted by molar-refractivity contribution is 0.751. The third-order valence-corrected chi connectivity index (χ3v) is 4.51. The van der Waals surface area contributed by atoms with Crippen LogP contribution in [-0.4, -0.2) is 14.5 Å². The second-order valence-corrected chi connectivity index (χ2v) is 6.42. The highest BCUT2D eigenvalue weighted by Gasteiger charge is 2.06. The smallest absolute Gasteiger partial charge is 0.0991 e. The van der Waals surface area contributed by atoms with E-state index in [4.69, 9.17) is 5.26 Å². The number of nitriles is 1. The van der Waals surface area contributed by atoms with Crippen molar-refractivity contribution in [2.45, 2.75) is 13.0 Å². The summed E-state index contributed by atoms with van der Waals surface area (Å²) in [6.07, 6.45) is 6.45. The first-order chi connectivity index (χ1) is 13.3. The molecular formula is C23H18N4. The monoisotopic (exact) mass is 350 g/mol. The molecule has 0 aliphatic carbocycles. The van der Waals surface area contributed by atoms with E-state index in [1.54, 1.807) is 0 Å². The summed E-state index contributed by atoms with van der Waals surface area (Å²) in [5.41, 5.74) is 6.20. The van der Waals surface area contributed by atoms with Gasteiger partial charge in [-0.1, -0.05) is 48.5 Å². The molecule has 0 N–H and O–H groups in total. The van der Waals surface area contributed by atoms with Crippen molar-refractivity contribution in [1.82, 2.24) is 14.5 Å². The van der Waals surface area contributed by atoms with Gasteiger partial charge in [0.1, 0.15) is 0 Å². The number of imidazole rings is 1. The SMILES string of the molecule is N#Cc1ccc(Cc2cncn2Cc2ccc(-c3ccccc3)nc2)cc1. The Balaban J connectivity index is 1.49. The number of aromatic nitrogens is 3. The van der Waals surface area contributed by atoms with Gasteiger partial charge in [-0.3, -0.25) is 4.98 Å². The van der Waals surface area contributed by atoms with E-state index < -0.39 is 0 Å². The van der Waals surface area contributed by atoms with Gasteiger partial charge in [0, 0.05) is 30.1 Å². The zero-order valence-corrected chi connectivity index (χ0v) is 14.8. The molecule has 2 aromatic carbocycles. The molecule has 0 saturated heterocycles. The van der Waals surface area contributed by atoms with Gasteiger partial charge in [-0.2, -0.15) is 5.26 Å². The topological polar surface area (TPSA) is 54.5 Å². The van der Waals surface area contributed by atoms with Crippen molar-refractivity contribution in [2.24, 2.45) is 0 Å². The fourth-order valence-electron chi connectivity index (χ4n) is 3.04. The molecule has 0 radical (unpaired) electrons. The van der Waals surface area contributed by atoms with Crippen molar-refractivity contribution in [3.8, 4) is 17.3 Å². The Morgan fingerprint density at radius 2 is 1.63 bits per heavy atom. The summed E-state index contributed by atoms with van der Waals surface area (Å²) in [7, 11) is 0. The minimum absolute atomic E-state index is 0.678. The van der Waals surface area contributed by atoms with Crippen LogP contribution in [0.1, 0.15) is 22.4 Å². The van der Waals surface area contributed by atoms with E-state index >= 15 is 0 Å². The number of hydrogen-bond donors (Lipinski definition) is 0. The predicted octanol–water partition coefficient (Wildman–Crippen LogP) is 4.46. The van der Waals surface area contributed by atoms with Crippen molar-refractivity contribution in [1.29, 1.82) is 5.26 Å². The number of hydrogen-bond acceptors (Lipinski definition) is 3. The second-order valence-electron chi connectivity index (χ2n) is 6.42. The van der Waals surface area contributed by atoms with Crippen LogP contribution in [0, 0.1) is 11.3 Å². The number of rotatable bonds is 5. The lowest BCUT2D eigenvalue weighted by atomic mass is 10.1. The molecule has 0 bridgehead atoms. The second kappa shape index (κ2) is 7.67. The minimum atomic E-state index is 0.678. The highest BCUT2D eigenvalue weighted by molar-refractivity contribution is 5.58. The largest absolute Gasteiger partial charge is 0.330 e. The maximum atomic E-state index is 8.92. The third kappa shape index (κ3) is 3.94. The van der Waals surface area contributed by atoms with Crippen LogP contribution in [0.25, 0.3) is 11.3 Å². The Bertz CT molecular complexity index is 1060. The summed E-state index contributed by atoms with van der Waals surface area (Å²) in [6.45, 7) is 0.730. The average molecular weight is 350 g/mol. The molecule has 27 heavy (non-hydrogen) atoms. The number of nitrogens with zero attached hydrogens (tertiary/aromatic N) is 4. The van der Waals surface area contributed by atoms with Crippen LogP contribution < -0.4 is 0 Å². The van der Waals surface area contributed by atoms with Gasteiger partial charge in [0.15, 0.2) is 0 Å². The quantitative estimate of drug-likeness (QED) is 0.534. The lowest BCUT2D eigenvalue weighted by Gasteiger charge is -2.09. The summed E-state index contributed by atoms with van der Waals surface area (Å²) in [5.74, 6) is 0. The molecule has 0 saturated carbocycles. The van der Waals surface area contributed by atoms with Gasteiger partial charge in [-0.15, -0.1) is 0 Å². The van der Waals surface area contributed by atoms with Gasteiger partial charge in [0.25, 0.3) is 0 Å². The molecule has 2 heterocycles. The highest BCUT2D eigenvalue weighted by Crippen LogP contribution is 2.17. The summed E-state index contributed by atoms with van der Waals surface area (Å²) < 4.78 is 2.14. The predicted molar refractivity (Wildman–Crippen MR) is 105 cm³/mol. The molecule has 0 aliphatic rings. The van der Waals surface area contributed by atoms with Crippen LogP contribution in [-0.2, 0) is 13.0 Å². The Hall–Kier alpha value is -3.71. The Morgan fingerprint density at radius 1 is 0.852 bits per heavy atom. The van der Waals surface area contributed by atoms with Crippen molar-refractivity contribution in [3.63, 3.8) is 0 Å². The molecule has 2 aromatic heterocycles. The fourth-order valence-corrected chi connectivity index (χ4v) is 3.04. The molecule has 0 amide bonds. The van der Waals surface area contributed by atoms with Gasteiger partial charge in [-0.05, 0) is 29.3 Å². The van der Waals surface area contributed by atoms with Gasteiger partial charge >= 0.3 is 0 Å². The minimum Gasteiger partial charge on any atom is -0.330 e. The van der Waals surface area contributed by atoms with Crippen LogP contribution in [0.3, 0.4) is 0 Å². The van der Waals surface area contributed by atoms with Gasteiger partial charge in [-0.25, -0.2) is 4.98 Å². The fraction of sp³-hybridized carbons (Fsp3) is 0.0870. The van der Waals surface area contributed by atoms with E-state index in [0.29, 0.717) is 5.56 Å². The molecule has 4 rings (SSSR count). The molecule has 0 aliphatic heterocycles. The standard InChI is InChI=1S/C23H18N4/c24-13-19-8-6-18(7-9-19)12-22-15-25-17-27(22)16-20-10-11-23(26-14-20)21-4-2-1-3-5-21/h1-11,14-15,17H,12,16H2. The maximum absolute atomic E-state index is 8.92. The van der Waals surface area contributed by atoms with Crippen LogP contribution in [0.2, 0.25) is 0 Å². The molecule has 130 valence electrons. The third-order valence-electron chi connectivity index (χ3n) is 4.51. The summed E-state index contributed by atoms with van der Waals surface area (Å²) in [6, 6.07) is 24.2. The summed E-state index contributed by atoms with van der Waals surface area (Å²) >= 11 is 0. The maximum Gasteiger partial charge on any atom is 0.0991 e. The number of pyridine rings is 1. The molecule has 4 heteroatoms. The molecule has 0 atom stereocenters. The van der Waals surface area contributed by atoms with Crippen molar-refractivity contribution < 1.29 is 0 Å². The lowest BCUT2D eigenvalue weighted by Crippen LogP contribution is -2.04. The van der Waals surface area contributed by atoms with Crippen LogP contribution in [0.5, 0.6) is 0 Å². The molecule has 4 nitrogen and oxygen atoms in total. The first kappa shape index (κ1) is 16.7. The Labute approximate surface area is 158 Å². The summed E-state index contributed by atoms with van der Waals surface area (Å²) in [5, 5.41) is 8.92. The number of benzene rings is 2. The molecule has 0 spiro atoms. The van der Waals surface area contributed by atoms with Crippen molar-refractivity contribution in [2.75, 3.05) is 0 Å². The van der Waals surface area contributed by atoms with Crippen molar-refractivity contribution >= 4 is 0 Å². The summed E-state index contributed by atoms with van der Waals surface area (Å²) in [4.78, 5) is 8.90. The van der Waals surface area contributed by atoms with Gasteiger partial charge in [0.2, 0.25) is 0 Å². The van der Waals surface area contributed by atoms with E-state index in [-0.39, 0.29) is 0 Å². The first-order valence-electron chi connectivity index (χ1n) is 8.80. The molecule has 0 fully saturated rings. The average Bonchev–Trinajstić information content (AvgIpc) is 3.16. The van der Waals surface area contributed by atoms with E-state index in [1.165, 1.54) is 0 Å². The van der Waals surface area contributed by atoms with Crippen molar-refractivity contribution in [3.05, 3.63) is 108 Å².